The number of thiocarbonyl (C=S) groups is 1. The molecule has 90 valence electrons. The maximum atomic E-state index is 12.1. The summed E-state index contributed by atoms with van der Waals surface area (Å²) in [7, 11) is 0. The van der Waals surface area contributed by atoms with Gasteiger partial charge in [-0.25, -0.2) is 0 Å². The third-order valence-electron chi connectivity index (χ3n) is 3.05. The second kappa shape index (κ2) is 4.48. The zero-order valence-corrected chi connectivity index (χ0v) is 10.5. The number of nitrogens with zero attached hydrogens (tertiary/aromatic N) is 1. The van der Waals surface area contributed by atoms with Crippen LogP contribution in [0.1, 0.15) is 11.3 Å². The van der Waals surface area contributed by atoms with Gasteiger partial charge in [0.05, 0.1) is 10.6 Å². The van der Waals surface area contributed by atoms with Gasteiger partial charge >= 0.3 is 0 Å². The van der Waals surface area contributed by atoms with Crippen molar-refractivity contribution >= 4 is 17.1 Å². The number of fused-ring (bicyclic) bond motifs is 1. The summed E-state index contributed by atoms with van der Waals surface area (Å²) < 4.78 is 1.71. The third-order valence-corrected chi connectivity index (χ3v) is 3.39. The molecule has 0 radical (unpaired) electrons. The average Bonchev–Trinajstić information content (AvgIpc) is 2.40. The smallest absolute Gasteiger partial charge is 0.255 e. The van der Waals surface area contributed by atoms with Crippen LogP contribution in [-0.2, 0) is 6.54 Å². The van der Waals surface area contributed by atoms with Crippen LogP contribution >= 0.6 is 12.2 Å². The zero-order chi connectivity index (χ0) is 12.5. The number of benzene rings is 1. The van der Waals surface area contributed by atoms with Gasteiger partial charge in [0.1, 0.15) is 0 Å². The van der Waals surface area contributed by atoms with E-state index in [4.69, 9.17) is 12.2 Å². The summed E-state index contributed by atoms with van der Waals surface area (Å²) in [4.78, 5) is 12.9. The fraction of sp³-hybridized carbons (Fsp3) is 0.143. The lowest BCUT2D eigenvalue weighted by molar-refractivity contribution is 0.740. The molecule has 0 aliphatic carbocycles. The molecule has 2 heterocycles. The molecule has 1 aromatic carbocycles. The molecule has 0 saturated carbocycles. The summed E-state index contributed by atoms with van der Waals surface area (Å²) in [6.45, 7) is 1.40. The fourth-order valence-corrected chi connectivity index (χ4v) is 2.58. The number of aromatic nitrogens is 1. The minimum atomic E-state index is -0.0378. The van der Waals surface area contributed by atoms with Crippen LogP contribution in [0.5, 0.6) is 0 Å². The second-order valence-electron chi connectivity index (χ2n) is 4.24. The highest BCUT2D eigenvalue weighted by Gasteiger charge is 2.18. The van der Waals surface area contributed by atoms with Crippen LogP contribution in [0, 0.1) is 0 Å². The monoisotopic (exact) mass is 256 g/mol. The van der Waals surface area contributed by atoms with Gasteiger partial charge in [-0.05, 0) is 17.7 Å². The standard InChI is InChI=1S/C14H12N2OS/c17-13-7-6-10-8-15-9-12(18)14(10)16(13)11-4-2-1-3-5-11/h1-7,15H,8-9H2. The topological polar surface area (TPSA) is 34.0 Å². The molecular weight excluding hydrogens is 244 g/mol. The van der Waals surface area contributed by atoms with Gasteiger partial charge in [-0.15, -0.1) is 0 Å². The lowest BCUT2D eigenvalue weighted by atomic mass is 10.1. The molecule has 1 aromatic heterocycles. The van der Waals surface area contributed by atoms with Crippen molar-refractivity contribution < 1.29 is 0 Å². The number of pyridine rings is 1. The SMILES string of the molecule is O=c1ccc2c(n1-c1ccccc1)C(=S)CNC2. The summed E-state index contributed by atoms with van der Waals surface area (Å²) in [5, 5.41) is 3.23. The van der Waals surface area contributed by atoms with Crippen LogP contribution in [0.4, 0.5) is 0 Å². The van der Waals surface area contributed by atoms with Crippen LogP contribution in [0.2, 0.25) is 0 Å². The molecule has 2 aromatic rings. The predicted molar refractivity (Wildman–Crippen MR) is 75.4 cm³/mol. The molecule has 3 nitrogen and oxygen atoms in total. The van der Waals surface area contributed by atoms with Crippen LogP contribution in [0.3, 0.4) is 0 Å². The van der Waals surface area contributed by atoms with Crippen LogP contribution < -0.4 is 10.9 Å². The van der Waals surface area contributed by atoms with Crippen LogP contribution in [0.15, 0.2) is 47.3 Å². The van der Waals surface area contributed by atoms with E-state index in [0.717, 1.165) is 28.4 Å². The molecule has 4 heteroatoms. The molecule has 0 atom stereocenters. The molecule has 0 bridgehead atoms. The largest absolute Gasteiger partial charge is 0.308 e. The van der Waals surface area contributed by atoms with E-state index in [1.165, 1.54) is 0 Å². The van der Waals surface area contributed by atoms with Crippen molar-refractivity contribution in [3.05, 3.63) is 64.1 Å². The first-order chi connectivity index (χ1) is 8.77. The molecule has 0 fully saturated rings. The Bertz CT molecular complexity index is 661. The molecular formula is C14H12N2OS. The summed E-state index contributed by atoms with van der Waals surface area (Å²) in [6, 6.07) is 13.1. The van der Waals surface area contributed by atoms with Gasteiger partial charge in [0.2, 0.25) is 0 Å². The molecule has 0 saturated heterocycles. The van der Waals surface area contributed by atoms with Crippen molar-refractivity contribution in [3.8, 4) is 5.69 Å². The van der Waals surface area contributed by atoms with E-state index >= 15 is 0 Å². The fourth-order valence-electron chi connectivity index (χ4n) is 2.25. The van der Waals surface area contributed by atoms with Crippen LogP contribution in [-0.4, -0.2) is 16.0 Å². The van der Waals surface area contributed by atoms with Crippen LogP contribution in [0.25, 0.3) is 5.69 Å². The lowest BCUT2D eigenvalue weighted by Crippen LogP contribution is -2.35. The molecule has 0 amide bonds. The molecule has 1 N–H and O–H groups in total. The quantitative estimate of drug-likeness (QED) is 0.788. The first kappa shape index (κ1) is 11.3. The van der Waals surface area contributed by atoms with E-state index in [-0.39, 0.29) is 5.56 Å². The number of para-hydroxylation sites is 1. The van der Waals surface area contributed by atoms with E-state index in [2.05, 4.69) is 5.32 Å². The second-order valence-corrected chi connectivity index (χ2v) is 4.74. The number of hydrogen-bond donors (Lipinski definition) is 1. The van der Waals surface area contributed by atoms with Crippen molar-refractivity contribution in [2.24, 2.45) is 0 Å². The average molecular weight is 256 g/mol. The number of nitrogens with one attached hydrogen (secondary N) is 1. The zero-order valence-electron chi connectivity index (χ0n) is 9.72. The van der Waals surface area contributed by atoms with Gasteiger partial charge in [-0.2, -0.15) is 0 Å². The summed E-state index contributed by atoms with van der Waals surface area (Å²) in [5.41, 5.74) is 2.78. The van der Waals surface area contributed by atoms with Gasteiger partial charge in [0.25, 0.3) is 5.56 Å². The molecule has 1 aliphatic rings. The maximum absolute atomic E-state index is 12.1. The van der Waals surface area contributed by atoms with Gasteiger partial charge in [-0.3, -0.25) is 9.36 Å². The Balaban J connectivity index is 2.32. The molecule has 3 rings (SSSR count). The van der Waals surface area contributed by atoms with Crippen molar-refractivity contribution in [1.82, 2.24) is 9.88 Å². The van der Waals surface area contributed by atoms with Gasteiger partial charge < -0.3 is 5.32 Å². The Morgan fingerprint density at radius 3 is 2.61 bits per heavy atom. The summed E-state index contributed by atoms with van der Waals surface area (Å²) in [5.74, 6) is 0. The summed E-state index contributed by atoms with van der Waals surface area (Å²) >= 11 is 5.39. The van der Waals surface area contributed by atoms with E-state index < -0.39 is 0 Å². The van der Waals surface area contributed by atoms with E-state index in [0.29, 0.717) is 6.54 Å². The predicted octanol–water partition coefficient (Wildman–Crippen LogP) is 1.66. The lowest BCUT2D eigenvalue weighted by Gasteiger charge is -2.22. The third kappa shape index (κ3) is 1.79. The Labute approximate surface area is 110 Å². The van der Waals surface area contributed by atoms with Crippen molar-refractivity contribution in [1.29, 1.82) is 0 Å². The minimum absolute atomic E-state index is 0.0378. The normalized spacial score (nSPS) is 14.3. The summed E-state index contributed by atoms with van der Waals surface area (Å²) in [6.07, 6.45) is 0. The first-order valence-electron chi connectivity index (χ1n) is 5.81. The highest BCUT2D eigenvalue weighted by Crippen LogP contribution is 2.16. The highest BCUT2D eigenvalue weighted by atomic mass is 32.1. The van der Waals surface area contributed by atoms with Gasteiger partial charge in [-0.1, -0.05) is 36.5 Å². The van der Waals surface area contributed by atoms with Gasteiger partial charge in [0, 0.05) is 24.8 Å². The highest BCUT2D eigenvalue weighted by molar-refractivity contribution is 7.80. The Morgan fingerprint density at radius 2 is 1.83 bits per heavy atom. The maximum Gasteiger partial charge on any atom is 0.255 e. The Hall–Kier alpha value is -1.78. The molecule has 18 heavy (non-hydrogen) atoms. The Morgan fingerprint density at radius 1 is 1.06 bits per heavy atom. The van der Waals surface area contributed by atoms with E-state index in [1.54, 1.807) is 10.6 Å². The molecule has 1 aliphatic heterocycles. The number of rotatable bonds is 1. The van der Waals surface area contributed by atoms with Crippen molar-refractivity contribution in [2.45, 2.75) is 6.54 Å². The number of hydrogen-bond acceptors (Lipinski definition) is 3. The molecule has 0 unspecified atom stereocenters. The first-order valence-corrected chi connectivity index (χ1v) is 6.22. The van der Waals surface area contributed by atoms with E-state index in [1.807, 2.05) is 36.4 Å². The van der Waals surface area contributed by atoms with E-state index in [9.17, 15) is 4.79 Å². The Kier molecular flexibility index (Phi) is 2.81. The van der Waals surface area contributed by atoms with Crippen molar-refractivity contribution in [3.63, 3.8) is 0 Å². The van der Waals surface area contributed by atoms with Crippen molar-refractivity contribution in [2.75, 3.05) is 6.54 Å². The van der Waals surface area contributed by atoms with Gasteiger partial charge in [0.15, 0.2) is 0 Å². The minimum Gasteiger partial charge on any atom is -0.308 e. The molecule has 0 spiro atoms.